The molecule has 3 nitrogen and oxygen atoms in total. The average Bonchev–Trinajstić information content (AvgIpc) is 2.87. The van der Waals surface area contributed by atoms with Crippen molar-refractivity contribution >= 4 is 5.91 Å². The largest absolute Gasteiger partial charge is 0.367 e. The molecule has 0 unspecified atom stereocenters. The molecule has 0 aliphatic heterocycles. The molecule has 1 aromatic heterocycles. The Labute approximate surface area is 83.2 Å². The van der Waals surface area contributed by atoms with Crippen molar-refractivity contribution in [3.8, 4) is 0 Å². The summed E-state index contributed by atoms with van der Waals surface area (Å²) < 4.78 is 0. The van der Waals surface area contributed by atoms with Crippen LogP contribution in [0.15, 0.2) is 30.6 Å². The van der Waals surface area contributed by atoms with Gasteiger partial charge in [-0.1, -0.05) is 12.2 Å². The van der Waals surface area contributed by atoms with E-state index in [1.807, 2.05) is 18.5 Å². The molecule has 1 amide bonds. The second-order valence-corrected chi connectivity index (χ2v) is 3.58. The van der Waals surface area contributed by atoms with Gasteiger partial charge in [0, 0.05) is 24.9 Å². The van der Waals surface area contributed by atoms with Crippen molar-refractivity contribution in [2.45, 2.75) is 19.4 Å². The molecule has 0 saturated carbocycles. The lowest BCUT2D eigenvalue weighted by Gasteiger charge is -2.09. The van der Waals surface area contributed by atoms with E-state index in [0.717, 1.165) is 18.4 Å². The number of aromatic nitrogens is 1. The summed E-state index contributed by atoms with van der Waals surface area (Å²) in [5, 5.41) is 2.93. The highest BCUT2D eigenvalue weighted by molar-refractivity contribution is 5.79. The number of amides is 1. The summed E-state index contributed by atoms with van der Waals surface area (Å²) in [7, 11) is 0. The maximum atomic E-state index is 11.6. The van der Waals surface area contributed by atoms with Gasteiger partial charge in [0.15, 0.2) is 0 Å². The van der Waals surface area contributed by atoms with Crippen molar-refractivity contribution in [1.82, 2.24) is 10.3 Å². The number of nitrogens with one attached hydrogen (secondary N) is 2. The molecule has 2 rings (SSSR count). The van der Waals surface area contributed by atoms with Gasteiger partial charge in [0.2, 0.25) is 5.91 Å². The molecular formula is C11H14N2O. The molecule has 0 bridgehead atoms. The van der Waals surface area contributed by atoms with Crippen molar-refractivity contribution in [3.05, 3.63) is 36.2 Å². The Hall–Kier alpha value is -1.51. The van der Waals surface area contributed by atoms with Crippen molar-refractivity contribution in [3.63, 3.8) is 0 Å². The first-order chi connectivity index (χ1) is 6.86. The minimum Gasteiger partial charge on any atom is -0.367 e. The van der Waals surface area contributed by atoms with Crippen molar-refractivity contribution < 1.29 is 4.79 Å². The third kappa shape index (κ3) is 2.05. The van der Waals surface area contributed by atoms with Crippen LogP contribution in [0.2, 0.25) is 0 Å². The van der Waals surface area contributed by atoms with Crippen molar-refractivity contribution in [2.24, 2.45) is 5.92 Å². The molecule has 2 N–H and O–H groups in total. The lowest BCUT2D eigenvalue weighted by atomic mass is 10.1. The molecule has 1 aliphatic rings. The molecule has 3 heteroatoms. The summed E-state index contributed by atoms with van der Waals surface area (Å²) in [4.78, 5) is 14.5. The van der Waals surface area contributed by atoms with E-state index in [-0.39, 0.29) is 11.8 Å². The van der Waals surface area contributed by atoms with Crippen LogP contribution in [0.25, 0.3) is 0 Å². The summed E-state index contributed by atoms with van der Waals surface area (Å²) in [6, 6.07) is 1.97. The number of H-pyrrole nitrogens is 1. The van der Waals surface area contributed by atoms with Gasteiger partial charge in [0.05, 0.1) is 0 Å². The smallest absolute Gasteiger partial charge is 0.224 e. The van der Waals surface area contributed by atoms with Crippen LogP contribution >= 0.6 is 0 Å². The second-order valence-electron chi connectivity index (χ2n) is 3.58. The number of carbonyl (C=O) groups is 1. The molecule has 1 aliphatic carbocycles. The molecule has 0 atom stereocenters. The van der Waals surface area contributed by atoms with E-state index < -0.39 is 0 Å². The third-order valence-electron chi connectivity index (χ3n) is 2.51. The molecule has 0 radical (unpaired) electrons. The van der Waals surface area contributed by atoms with Crippen LogP contribution in [-0.2, 0) is 11.3 Å². The highest BCUT2D eigenvalue weighted by atomic mass is 16.1. The SMILES string of the molecule is O=C(NCc1cc[nH]c1)C1CC=CC1. The normalized spacial score (nSPS) is 16.0. The molecule has 14 heavy (non-hydrogen) atoms. The number of aromatic amines is 1. The summed E-state index contributed by atoms with van der Waals surface area (Å²) in [6.45, 7) is 0.624. The maximum Gasteiger partial charge on any atom is 0.224 e. The Bertz CT molecular complexity index is 319. The van der Waals surface area contributed by atoms with E-state index in [1.165, 1.54) is 0 Å². The van der Waals surface area contributed by atoms with E-state index in [1.54, 1.807) is 0 Å². The fourth-order valence-electron chi connectivity index (χ4n) is 1.63. The minimum absolute atomic E-state index is 0.161. The molecule has 0 aromatic carbocycles. The molecule has 1 heterocycles. The van der Waals surface area contributed by atoms with Crippen LogP contribution in [0.1, 0.15) is 18.4 Å². The quantitative estimate of drug-likeness (QED) is 0.698. The Kier molecular flexibility index (Phi) is 2.68. The highest BCUT2D eigenvalue weighted by Gasteiger charge is 2.18. The van der Waals surface area contributed by atoms with Gasteiger partial charge < -0.3 is 10.3 Å². The predicted octanol–water partition coefficient (Wildman–Crippen LogP) is 1.60. The number of carbonyl (C=O) groups excluding carboxylic acids is 1. The van der Waals surface area contributed by atoms with Crippen LogP contribution in [-0.4, -0.2) is 10.9 Å². The molecule has 0 spiro atoms. The summed E-state index contributed by atoms with van der Waals surface area (Å²) in [5.41, 5.74) is 1.12. The zero-order valence-corrected chi connectivity index (χ0v) is 7.99. The number of hydrogen-bond acceptors (Lipinski definition) is 1. The summed E-state index contributed by atoms with van der Waals surface area (Å²) in [6.07, 6.45) is 9.67. The van der Waals surface area contributed by atoms with Gasteiger partial charge in [-0.3, -0.25) is 4.79 Å². The van der Waals surface area contributed by atoms with E-state index in [9.17, 15) is 4.79 Å². The zero-order chi connectivity index (χ0) is 9.80. The zero-order valence-electron chi connectivity index (χ0n) is 7.99. The monoisotopic (exact) mass is 190 g/mol. The minimum atomic E-state index is 0.161. The first kappa shape index (κ1) is 9.06. The van der Waals surface area contributed by atoms with Crippen LogP contribution in [0.3, 0.4) is 0 Å². The number of allylic oxidation sites excluding steroid dienone is 2. The number of rotatable bonds is 3. The van der Waals surface area contributed by atoms with E-state index in [2.05, 4.69) is 22.5 Å². The van der Waals surface area contributed by atoms with Gasteiger partial charge in [-0.05, 0) is 24.5 Å². The van der Waals surface area contributed by atoms with Gasteiger partial charge in [-0.2, -0.15) is 0 Å². The Morgan fingerprint density at radius 2 is 2.29 bits per heavy atom. The van der Waals surface area contributed by atoms with Gasteiger partial charge >= 0.3 is 0 Å². The third-order valence-corrected chi connectivity index (χ3v) is 2.51. The van der Waals surface area contributed by atoms with E-state index in [0.29, 0.717) is 6.54 Å². The Balaban J connectivity index is 1.78. The van der Waals surface area contributed by atoms with Crippen LogP contribution < -0.4 is 5.32 Å². The lowest BCUT2D eigenvalue weighted by molar-refractivity contribution is -0.124. The second kappa shape index (κ2) is 4.13. The van der Waals surface area contributed by atoms with Gasteiger partial charge in [-0.25, -0.2) is 0 Å². The van der Waals surface area contributed by atoms with Crippen LogP contribution in [0.5, 0.6) is 0 Å². The Morgan fingerprint density at radius 1 is 1.50 bits per heavy atom. The van der Waals surface area contributed by atoms with E-state index >= 15 is 0 Å². The molecule has 0 saturated heterocycles. The van der Waals surface area contributed by atoms with E-state index in [4.69, 9.17) is 0 Å². The first-order valence-electron chi connectivity index (χ1n) is 4.90. The molecular weight excluding hydrogens is 176 g/mol. The van der Waals surface area contributed by atoms with Gasteiger partial charge in [-0.15, -0.1) is 0 Å². The molecule has 0 fully saturated rings. The van der Waals surface area contributed by atoms with Crippen LogP contribution in [0.4, 0.5) is 0 Å². The lowest BCUT2D eigenvalue weighted by Crippen LogP contribution is -2.28. The van der Waals surface area contributed by atoms with Crippen LogP contribution in [0, 0.1) is 5.92 Å². The average molecular weight is 190 g/mol. The highest BCUT2D eigenvalue weighted by Crippen LogP contribution is 2.17. The summed E-state index contributed by atoms with van der Waals surface area (Å²) in [5.74, 6) is 0.324. The van der Waals surface area contributed by atoms with Crippen molar-refractivity contribution in [1.29, 1.82) is 0 Å². The molecule has 1 aromatic rings. The predicted molar refractivity (Wildman–Crippen MR) is 54.5 cm³/mol. The standard InChI is InChI=1S/C11H14N2O/c14-11(10-3-1-2-4-10)13-8-9-5-6-12-7-9/h1-2,5-7,10,12H,3-4,8H2,(H,13,14). The number of hydrogen-bond donors (Lipinski definition) is 2. The summed E-state index contributed by atoms with van der Waals surface area (Å²) >= 11 is 0. The van der Waals surface area contributed by atoms with Gasteiger partial charge in [0.1, 0.15) is 0 Å². The molecule has 74 valence electrons. The topological polar surface area (TPSA) is 44.9 Å². The Morgan fingerprint density at radius 3 is 2.93 bits per heavy atom. The maximum absolute atomic E-state index is 11.6. The fourth-order valence-corrected chi connectivity index (χ4v) is 1.63. The first-order valence-corrected chi connectivity index (χ1v) is 4.90. The fraction of sp³-hybridized carbons (Fsp3) is 0.364. The van der Waals surface area contributed by atoms with Crippen molar-refractivity contribution in [2.75, 3.05) is 0 Å². The van der Waals surface area contributed by atoms with Gasteiger partial charge in [0.25, 0.3) is 0 Å².